The predicted octanol–water partition coefficient (Wildman–Crippen LogP) is 1.05. The van der Waals surface area contributed by atoms with E-state index in [4.69, 9.17) is 5.73 Å². The molecule has 2 aromatic rings. The Morgan fingerprint density at radius 1 is 1.31 bits per heavy atom. The highest BCUT2D eigenvalue weighted by atomic mass is 19.1. The van der Waals surface area contributed by atoms with Crippen LogP contribution in [0.4, 0.5) is 8.78 Å². The topological polar surface area (TPSA) is 56.7 Å². The molecule has 0 aliphatic rings. The fourth-order valence-corrected chi connectivity index (χ4v) is 1.43. The number of hydrogen-bond donors (Lipinski definition) is 1. The highest BCUT2D eigenvalue weighted by Gasteiger charge is 2.11. The zero-order valence-corrected chi connectivity index (χ0v) is 8.40. The van der Waals surface area contributed by atoms with Crippen LogP contribution in [-0.4, -0.2) is 21.1 Å². The SMILES string of the molecule is NCCc1nccn1-c1ncc(F)cc1F. The lowest BCUT2D eigenvalue weighted by atomic mass is 10.4. The molecule has 0 bridgehead atoms. The molecule has 2 N–H and O–H groups in total. The van der Waals surface area contributed by atoms with E-state index in [1.165, 1.54) is 10.8 Å². The Morgan fingerprint density at radius 3 is 2.81 bits per heavy atom. The Morgan fingerprint density at radius 2 is 2.12 bits per heavy atom. The summed E-state index contributed by atoms with van der Waals surface area (Å²) in [7, 11) is 0. The van der Waals surface area contributed by atoms with Gasteiger partial charge in [-0.15, -0.1) is 0 Å². The molecule has 2 rings (SSSR count). The van der Waals surface area contributed by atoms with Gasteiger partial charge in [-0.3, -0.25) is 4.57 Å². The molecule has 0 aliphatic heterocycles. The predicted molar refractivity (Wildman–Crippen MR) is 54.0 cm³/mol. The smallest absolute Gasteiger partial charge is 0.174 e. The van der Waals surface area contributed by atoms with Crippen LogP contribution in [-0.2, 0) is 6.42 Å². The number of nitrogens with zero attached hydrogens (tertiary/aromatic N) is 3. The summed E-state index contributed by atoms with van der Waals surface area (Å²) >= 11 is 0. The second kappa shape index (κ2) is 4.36. The lowest BCUT2D eigenvalue weighted by Crippen LogP contribution is -2.10. The van der Waals surface area contributed by atoms with Crippen LogP contribution in [0.25, 0.3) is 5.82 Å². The molecular weight excluding hydrogens is 214 g/mol. The van der Waals surface area contributed by atoms with Crippen molar-refractivity contribution in [2.24, 2.45) is 5.73 Å². The van der Waals surface area contributed by atoms with E-state index in [1.807, 2.05) is 0 Å². The Bertz CT molecular complexity index is 495. The van der Waals surface area contributed by atoms with Gasteiger partial charge in [0, 0.05) is 24.9 Å². The minimum absolute atomic E-state index is 0.0300. The molecule has 2 aromatic heterocycles. The van der Waals surface area contributed by atoms with Gasteiger partial charge in [0.2, 0.25) is 0 Å². The number of halogens is 2. The van der Waals surface area contributed by atoms with Crippen molar-refractivity contribution in [1.29, 1.82) is 0 Å². The molecule has 4 nitrogen and oxygen atoms in total. The summed E-state index contributed by atoms with van der Waals surface area (Å²) < 4.78 is 27.6. The molecule has 0 aromatic carbocycles. The Balaban J connectivity index is 2.46. The van der Waals surface area contributed by atoms with Crippen LogP contribution in [0.3, 0.4) is 0 Å². The molecule has 2 heterocycles. The summed E-state index contributed by atoms with van der Waals surface area (Å²) in [5.41, 5.74) is 5.40. The van der Waals surface area contributed by atoms with Crippen molar-refractivity contribution in [1.82, 2.24) is 14.5 Å². The van der Waals surface area contributed by atoms with Gasteiger partial charge < -0.3 is 5.73 Å². The first kappa shape index (κ1) is 10.7. The van der Waals surface area contributed by atoms with Gasteiger partial charge in [0.15, 0.2) is 11.6 Å². The van der Waals surface area contributed by atoms with Crippen molar-refractivity contribution >= 4 is 0 Å². The number of rotatable bonds is 3. The lowest BCUT2D eigenvalue weighted by molar-refractivity contribution is 0.563. The highest BCUT2D eigenvalue weighted by Crippen LogP contribution is 2.13. The van der Waals surface area contributed by atoms with Crippen LogP contribution < -0.4 is 5.73 Å². The van der Waals surface area contributed by atoms with Crippen molar-refractivity contribution in [2.45, 2.75) is 6.42 Å². The van der Waals surface area contributed by atoms with Gasteiger partial charge in [0.05, 0.1) is 6.20 Å². The molecule has 6 heteroatoms. The molecule has 0 saturated carbocycles. The fraction of sp³-hybridized carbons (Fsp3) is 0.200. The van der Waals surface area contributed by atoms with Crippen molar-refractivity contribution in [3.63, 3.8) is 0 Å². The van der Waals surface area contributed by atoms with Crippen LogP contribution in [0.15, 0.2) is 24.7 Å². The molecule has 84 valence electrons. The maximum Gasteiger partial charge on any atom is 0.174 e. The van der Waals surface area contributed by atoms with Crippen LogP contribution in [0.2, 0.25) is 0 Å². The standard InChI is InChI=1S/C10H10F2N4/c11-7-5-8(12)10(15-6-7)16-4-3-14-9(16)1-2-13/h3-6H,1-2,13H2. The molecule has 0 spiro atoms. The summed E-state index contributed by atoms with van der Waals surface area (Å²) in [6.07, 6.45) is 4.56. The van der Waals surface area contributed by atoms with Crippen molar-refractivity contribution in [2.75, 3.05) is 6.54 Å². The van der Waals surface area contributed by atoms with Crippen molar-refractivity contribution in [3.05, 3.63) is 42.1 Å². The van der Waals surface area contributed by atoms with Crippen LogP contribution in [0.5, 0.6) is 0 Å². The summed E-state index contributed by atoms with van der Waals surface area (Å²) in [6.45, 7) is 0.403. The molecule has 0 fully saturated rings. The van der Waals surface area contributed by atoms with E-state index in [1.54, 1.807) is 6.20 Å². The second-order valence-corrected chi connectivity index (χ2v) is 3.21. The van der Waals surface area contributed by atoms with Gasteiger partial charge in [-0.25, -0.2) is 18.7 Å². The molecule has 0 amide bonds. The minimum Gasteiger partial charge on any atom is -0.330 e. The van der Waals surface area contributed by atoms with Crippen molar-refractivity contribution in [3.8, 4) is 5.82 Å². The number of pyridine rings is 1. The first-order chi connectivity index (χ1) is 7.72. The van der Waals surface area contributed by atoms with Gasteiger partial charge >= 0.3 is 0 Å². The average Bonchev–Trinajstić information content (AvgIpc) is 2.67. The molecule has 0 unspecified atom stereocenters. The van der Waals surface area contributed by atoms with E-state index in [0.29, 0.717) is 18.8 Å². The largest absolute Gasteiger partial charge is 0.330 e. The zero-order valence-electron chi connectivity index (χ0n) is 8.40. The molecule has 0 atom stereocenters. The zero-order chi connectivity index (χ0) is 11.5. The van der Waals surface area contributed by atoms with E-state index in [-0.39, 0.29) is 5.82 Å². The molecule has 16 heavy (non-hydrogen) atoms. The van der Waals surface area contributed by atoms with E-state index in [9.17, 15) is 8.78 Å². The van der Waals surface area contributed by atoms with E-state index in [2.05, 4.69) is 9.97 Å². The Hall–Kier alpha value is -1.82. The number of nitrogens with two attached hydrogens (primary N) is 1. The molecule has 0 radical (unpaired) electrons. The third-order valence-corrected chi connectivity index (χ3v) is 2.10. The van der Waals surface area contributed by atoms with Gasteiger partial charge in [0.1, 0.15) is 11.6 Å². The van der Waals surface area contributed by atoms with Crippen molar-refractivity contribution < 1.29 is 8.78 Å². The van der Waals surface area contributed by atoms with Gasteiger partial charge in [-0.1, -0.05) is 0 Å². The molecule has 0 aliphatic carbocycles. The first-order valence-electron chi connectivity index (χ1n) is 4.76. The number of aromatic nitrogens is 3. The molecule has 0 saturated heterocycles. The average molecular weight is 224 g/mol. The summed E-state index contributed by atoms with van der Waals surface area (Å²) in [5.74, 6) is -0.805. The second-order valence-electron chi connectivity index (χ2n) is 3.21. The van der Waals surface area contributed by atoms with Gasteiger partial charge in [0.25, 0.3) is 0 Å². The summed E-state index contributed by atoms with van der Waals surface area (Å²) in [6, 6.07) is 0.786. The fourth-order valence-electron chi connectivity index (χ4n) is 1.43. The maximum absolute atomic E-state index is 13.5. The third kappa shape index (κ3) is 1.92. The van der Waals surface area contributed by atoms with E-state index in [0.717, 1.165) is 12.3 Å². The van der Waals surface area contributed by atoms with E-state index >= 15 is 0 Å². The Labute approximate surface area is 90.7 Å². The van der Waals surface area contributed by atoms with Crippen LogP contribution in [0.1, 0.15) is 5.82 Å². The lowest BCUT2D eigenvalue weighted by Gasteiger charge is -2.06. The number of hydrogen-bond acceptors (Lipinski definition) is 3. The Kier molecular flexibility index (Phi) is 2.91. The van der Waals surface area contributed by atoms with Gasteiger partial charge in [-0.2, -0.15) is 0 Å². The monoisotopic (exact) mass is 224 g/mol. The van der Waals surface area contributed by atoms with Gasteiger partial charge in [-0.05, 0) is 6.54 Å². The minimum atomic E-state index is -0.726. The maximum atomic E-state index is 13.5. The third-order valence-electron chi connectivity index (χ3n) is 2.10. The van der Waals surface area contributed by atoms with Crippen LogP contribution >= 0.6 is 0 Å². The number of imidazole rings is 1. The normalized spacial score (nSPS) is 10.7. The summed E-state index contributed by atoms with van der Waals surface area (Å²) in [5, 5.41) is 0. The highest BCUT2D eigenvalue weighted by molar-refractivity contribution is 5.26. The van der Waals surface area contributed by atoms with Crippen LogP contribution in [0, 0.1) is 11.6 Å². The first-order valence-corrected chi connectivity index (χ1v) is 4.76. The molecular formula is C10H10F2N4. The summed E-state index contributed by atoms with van der Waals surface area (Å²) in [4.78, 5) is 7.72. The quantitative estimate of drug-likeness (QED) is 0.847. The van der Waals surface area contributed by atoms with E-state index < -0.39 is 11.6 Å².